The fraction of sp³-hybridized carbons (Fsp3) is 0.306. The van der Waals surface area contributed by atoms with Crippen LogP contribution in [0.1, 0.15) is 64.6 Å². The number of hydrogen-bond donors (Lipinski definition) is 4. The zero-order chi connectivity index (χ0) is 44.2. The summed E-state index contributed by atoms with van der Waals surface area (Å²) >= 11 is 0. The number of aliphatic hydroxyl groups excluding tert-OH is 1. The second-order valence-corrected chi connectivity index (χ2v) is 16.3. The van der Waals surface area contributed by atoms with Crippen LogP contribution in [0.25, 0.3) is 0 Å². The van der Waals surface area contributed by atoms with Crippen molar-refractivity contribution in [3.8, 4) is 11.5 Å². The molecule has 7 rings (SSSR count). The van der Waals surface area contributed by atoms with Gasteiger partial charge < -0.3 is 44.9 Å². The minimum absolute atomic E-state index is 0.0884. The van der Waals surface area contributed by atoms with Crippen molar-refractivity contribution in [2.45, 2.75) is 57.6 Å². The first-order chi connectivity index (χ1) is 29.7. The van der Waals surface area contributed by atoms with Crippen molar-refractivity contribution in [3.05, 3.63) is 149 Å². The molecule has 13 heteroatoms. The highest BCUT2D eigenvalue weighted by atomic mass is 16.5. The molecule has 1 fully saturated rings. The van der Waals surface area contributed by atoms with Gasteiger partial charge in [-0.05, 0) is 104 Å². The molecule has 5 aromatic rings. The van der Waals surface area contributed by atoms with Gasteiger partial charge in [-0.1, -0.05) is 49.4 Å². The van der Waals surface area contributed by atoms with Gasteiger partial charge in [-0.15, -0.1) is 0 Å². The molecule has 2 aliphatic heterocycles. The van der Waals surface area contributed by atoms with Crippen molar-refractivity contribution in [2.75, 3.05) is 42.9 Å². The van der Waals surface area contributed by atoms with Gasteiger partial charge in [-0.3, -0.25) is 19.2 Å². The third kappa shape index (κ3) is 8.92. The van der Waals surface area contributed by atoms with Crippen LogP contribution < -0.4 is 25.0 Å². The molecule has 4 amide bonds. The molecular formula is C49H52N4O9. The number of carbonyl (C=O) groups is 4. The summed E-state index contributed by atoms with van der Waals surface area (Å²) in [5, 5.41) is 27.6. The van der Waals surface area contributed by atoms with Crippen molar-refractivity contribution in [1.29, 1.82) is 0 Å². The van der Waals surface area contributed by atoms with Gasteiger partial charge in [0.1, 0.15) is 11.5 Å². The summed E-state index contributed by atoms with van der Waals surface area (Å²) in [5.74, 6) is -1.44. The molecular weight excluding hydrogens is 789 g/mol. The van der Waals surface area contributed by atoms with Crippen LogP contribution in [-0.4, -0.2) is 77.8 Å². The molecule has 13 nitrogen and oxygen atoms in total. The van der Waals surface area contributed by atoms with E-state index in [0.717, 1.165) is 11.1 Å². The van der Waals surface area contributed by atoms with Crippen LogP contribution in [-0.2, 0) is 33.0 Å². The Morgan fingerprint density at radius 2 is 1.35 bits per heavy atom. The number of ether oxygens (including phenoxy) is 3. The minimum atomic E-state index is -1.65. The summed E-state index contributed by atoms with van der Waals surface area (Å²) in [4.78, 5) is 59.0. The van der Waals surface area contributed by atoms with Gasteiger partial charge in [-0.25, -0.2) is 0 Å². The van der Waals surface area contributed by atoms with Gasteiger partial charge in [0.15, 0.2) is 5.60 Å². The fourth-order valence-corrected chi connectivity index (χ4v) is 8.80. The Hall–Kier alpha value is -6.54. The quantitative estimate of drug-likeness (QED) is 0.0889. The number of hydrogen-bond acceptors (Lipinski definition) is 9. The Balaban J connectivity index is 1.21. The van der Waals surface area contributed by atoms with Crippen molar-refractivity contribution in [3.63, 3.8) is 0 Å². The average molecular weight is 841 g/mol. The van der Waals surface area contributed by atoms with Crippen LogP contribution in [0.4, 0.5) is 17.1 Å². The Bertz CT molecular complexity index is 2400. The highest BCUT2D eigenvalue weighted by Gasteiger charge is 2.66. The number of benzene rings is 5. The van der Waals surface area contributed by atoms with Gasteiger partial charge in [0, 0.05) is 53.0 Å². The Kier molecular flexibility index (Phi) is 12.8. The van der Waals surface area contributed by atoms with Crippen molar-refractivity contribution < 1.29 is 43.6 Å². The maximum Gasteiger partial charge on any atom is 0.264 e. The van der Waals surface area contributed by atoms with Gasteiger partial charge in [-0.2, -0.15) is 0 Å². The third-order valence-electron chi connectivity index (χ3n) is 11.8. The normalized spacial score (nSPS) is 19.2. The number of aliphatic hydroxyl groups is 2. The largest absolute Gasteiger partial charge is 0.497 e. The van der Waals surface area contributed by atoms with E-state index in [1.54, 1.807) is 117 Å². The molecule has 4 atom stereocenters. The molecule has 1 saturated heterocycles. The van der Waals surface area contributed by atoms with E-state index >= 15 is 4.79 Å². The van der Waals surface area contributed by atoms with Crippen LogP contribution in [0.2, 0.25) is 0 Å². The Morgan fingerprint density at radius 3 is 1.90 bits per heavy atom. The number of nitrogens with one attached hydrogen (secondary N) is 2. The zero-order valence-corrected chi connectivity index (χ0v) is 35.5. The van der Waals surface area contributed by atoms with Crippen LogP contribution in [0.5, 0.6) is 11.5 Å². The van der Waals surface area contributed by atoms with Gasteiger partial charge in [0.25, 0.3) is 17.7 Å². The molecule has 5 aromatic carbocycles. The molecule has 0 unspecified atom stereocenters. The number of rotatable bonds is 15. The standard InChI is InChI=1S/C49H52N4O9/c1-31-44(48(2,3)59)42(28-43(55)52(25-26-54)29-32-9-7-6-8-10-32)62-49(31)40-27-37(51-46(57)35-15-22-39(61-5)23-16-35)19-24-41(40)53(47(49)58)30-33-11-17-36(18-12-33)50-45(56)34-13-20-38(60-4)21-14-34/h6-24,27,31,42,44,54,59H,25-26,28-30H2,1-5H3,(H,50,56)(H,51,57)/t31-,42+,44-,49+/m1/s1. The number of anilines is 3. The maximum atomic E-state index is 15.2. The van der Waals surface area contributed by atoms with E-state index < -0.39 is 29.1 Å². The summed E-state index contributed by atoms with van der Waals surface area (Å²) < 4.78 is 17.4. The van der Waals surface area contributed by atoms with E-state index in [2.05, 4.69) is 10.6 Å². The number of nitrogens with zero attached hydrogens (tertiary/aromatic N) is 2. The van der Waals surface area contributed by atoms with Crippen molar-refractivity contribution >= 4 is 40.7 Å². The first-order valence-corrected chi connectivity index (χ1v) is 20.5. The van der Waals surface area contributed by atoms with Gasteiger partial charge in [0.2, 0.25) is 5.91 Å². The van der Waals surface area contributed by atoms with E-state index in [9.17, 15) is 24.6 Å². The topological polar surface area (TPSA) is 167 Å². The molecule has 2 heterocycles. The number of amides is 4. The molecule has 0 radical (unpaired) electrons. The SMILES string of the molecule is COc1ccc(C(=O)Nc2ccc(CN3C(=O)[C@@]4(O[C@@H](CC(=O)N(CCO)Cc5ccccc5)[C@H](C(C)(C)O)[C@H]4C)c4cc(NC(=O)c5ccc(OC)cc5)ccc43)cc2)cc1. The maximum absolute atomic E-state index is 15.2. The highest BCUT2D eigenvalue weighted by Crippen LogP contribution is 2.58. The zero-order valence-electron chi connectivity index (χ0n) is 35.5. The second kappa shape index (κ2) is 18.2. The number of fused-ring (bicyclic) bond motifs is 2. The molecule has 0 saturated carbocycles. The van der Waals surface area contributed by atoms with Crippen LogP contribution in [0.15, 0.2) is 121 Å². The Morgan fingerprint density at radius 1 is 0.790 bits per heavy atom. The lowest BCUT2D eigenvalue weighted by molar-refractivity contribution is -0.150. The summed E-state index contributed by atoms with van der Waals surface area (Å²) in [6.45, 7) is 5.40. The molecule has 0 aromatic heterocycles. The lowest BCUT2D eigenvalue weighted by Gasteiger charge is -2.34. The molecule has 1 spiro atoms. The van der Waals surface area contributed by atoms with Crippen LogP contribution >= 0.6 is 0 Å². The first-order valence-electron chi connectivity index (χ1n) is 20.5. The summed E-state index contributed by atoms with van der Waals surface area (Å²) in [5.41, 5.74) is 1.49. The van der Waals surface area contributed by atoms with Crippen LogP contribution in [0, 0.1) is 11.8 Å². The van der Waals surface area contributed by atoms with E-state index in [1.165, 1.54) is 0 Å². The van der Waals surface area contributed by atoms with E-state index in [0.29, 0.717) is 45.3 Å². The predicted octanol–water partition coefficient (Wildman–Crippen LogP) is 6.78. The van der Waals surface area contributed by atoms with E-state index in [4.69, 9.17) is 14.2 Å². The second-order valence-electron chi connectivity index (χ2n) is 16.3. The predicted molar refractivity (Wildman–Crippen MR) is 235 cm³/mol. The number of carbonyl (C=O) groups excluding carboxylic acids is 4. The fourth-order valence-electron chi connectivity index (χ4n) is 8.80. The summed E-state index contributed by atoms with van der Waals surface area (Å²) in [7, 11) is 3.10. The Labute approximate surface area is 361 Å². The lowest BCUT2D eigenvalue weighted by atomic mass is 9.70. The molecule has 62 heavy (non-hydrogen) atoms. The summed E-state index contributed by atoms with van der Waals surface area (Å²) in [6, 6.07) is 35.3. The molecule has 322 valence electrons. The third-order valence-corrected chi connectivity index (χ3v) is 11.8. The minimum Gasteiger partial charge on any atom is -0.497 e. The van der Waals surface area contributed by atoms with Crippen LogP contribution in [0.3, 0.4) is 0 Å². The van der Waals surface area contributed by atoms with Gasteiger partial charge >= 0.3 is 0 Å². The highest BCUT2D eigenvalue weighted by molar-refractivity contribution is 6.09. The molecule has 2 aliphatic rings. The van der Waals surface area contributed by atoms with Crippen molar-refractivity contribution in [1.82, 2.24) is 4.90 Å². The average Bonchev–Trinajstić information content (AvgIpc) is 3.69. The number of methoxy groups -OCH3 is 2. The van der Waals surface area contributed by atoms with E-state index in [-0.39, 0.29) is 56.3 Å². The van der Waals surface area contributed by atoms with Crippen molar-refractivity contribution in [2.24, 2.45) is 11.8 Å². The van der Waals surface area contributed by atoms with Gasteiger partial charge in [0.05, 0.1) is 51.2 Å². The van der Waals surface area contributed by atoms with E-state index in [1.807, 2.05) is 49.4 Å². The molecule has 0 bridgehead atoms. The monoisotopic (exact) mass is 840 g/mol. The molecule has 4 N–H and O–H groups in total. The first kappa shape index (κ1) is 43.5. The molecule has 0 aliphatic carbocycles. The lowest BCUT2D eigenvalue weighted by Crippen LogP contribution is -2.46. The smallest absolute Gasteiger partial charge is 0.264 e. The summed E-state index contributed by atoms with van der Waals surface area (Å²) in [6.07, 6.45) is -1.06.